The maximum absolute atomic E-state index is 11.9. The number of hydrogen-bond acceptors (Lipinski definition) is 2. The standard InChI is InChI=1S/C15H16N2O2/c1-10(15(16)19)17-14(18)9-12-7-4-6-11-5-2-3-8-13(11)12/h2-8,10H,9H2,1H3,(H2,16,19)(H,17,18). The van der Waals surface area contributed by atoms with Gasteiger partial charge in [-0.1, -0.05) is 42.5 Å². The summed E-state index contributed by atoms with van der Waals surface area (Å²) in [5.74, 6) is -0.742. The van der Waals surface area contributed by atoms with Crippen LogP contribution in [0.25, 0.3) is 10.8 Å². The van der Waals surface area contributed by atoms with Gasteiger partial charge >= 0.3 is 0 Å². The Labute approximate surface area is 111 Å². The number of nitrogens with two attached hydrogens (primary N) is 1. The molecular formula is C15H16N2O2. The van der Waals surface area contributed by atoms with Crippen molar-refractivity contribution in [3.05, 3.63) is 48.0 Å². The Morgan fingerprint density at radius 2 is 1.84 bits per heavy atom. The maximum Gasteiger partial charge on any atom is 0.239 e. The van der Waals surface area contributed by atoms with Gasteiger partial charge in [0.25, 0.3) is 0 Å². The van der Waals surface area contributed by atoms with E-state index in [-0.39, 0.29) is 12.3 Å². The van der Waals surface area contributed by atoms with Crippen LogP contribution in [0.3, 0.4) is 0 Å². The molecule has 4 heteroatoms. The minimum atomic E-state index is -0.650. The third-order valence-electron chi connectivity index (χ3n) is 3.04. The number of rotatable bonds is 4. The average molecular weight is 256 g/mol. The zero-order valence-electron chi connectivity index (χ0n) is 10.7. The van der Waals surface area contributed by atoms with Gasteiger partial charge in [0.1, 0.15) is 6.04 Å². The maximum atomic E-state index is 11.9. The summed E-state index contributed by atoms with van der Waals surface area (Å²) in [6, 6.07) is 13.1. The van der Waals surface area contributed by atoms with Crippen molar-refractivity contribution in [1.29, 1.82) is 0 Å². The zero-order valence-corrected chi connectivity index (χ0v) is 10.7. The summed E-state index contributed by atoms with van der Waals surface area (Å²) in [4.78, 5) is 22.8. The molecule has 0 aliphatic carbocycles. The minimum Gasteiger partial charge on any atom is -0.368 e. The molecule has 0 heterocycles. The lowest BCUT2D eigenvalue weighted by Gasteiger charge is -2.11. The predicted molar refractivity (Wildman–Crippen MR) is 74.5 cm³/mol. The summed E-state index contributed by atoms with van der Waals surface area (Å²) >= 11 is 0. The molecule has 0 saturated heterocycles. The van der Waals surface area contributed by atoms with E-state index in [4.69, 9.17) is 5.73 Å². The molecule has 98 valence electrons. The van der Waals surface area contributed by atoms with Crippen LogP contribution in [-0.2, 0) is 16.0 Å². The first-order valence-corrected chi connectivity index (χ1v) is 6.13. The molecule has 2 aromatic carbocycles. The van der Waals surface area contributed by atoms with Crippen molar-refractivity contribution in [3.63, 3.8) is 0 Å². The highest BCUT2D eigenvalue weighted by atomic mass is 16.2. The van der Waals surface area contributed by atoms with E-state index in [1.807, 2.05) is 42.5 Å². The van der Waals surface area contributed by atoms with Crippen LogP contribution in [0, 0.1) is 0 Å². The monoisotopic (exact) mass is 256 g/mol. The Morgan fingerprint density at radius 3 is 2.58 bits per heavy atom. The fourth-order valence-corrected chi connectivity index (χ4v) is 1.98. The van der Waals surface area contributed by atoms with Gasteiger partial charge < -0.3 is 11.1 Å². The molecule has 0 bridgehead atoms. The Balaban J connectivity index is 2.17. The van der Waals surface area contributed by atoms with E-state index in [9.17, 15) is 9.59 Å². The van der Waals surface area contributed by atoms with Crippen LogP contribution in [0.5, 0.6) is 0 Å². The molecule has 0 radical (unpaired) electrons. The summed E-state index contributed by atoms with van der Waals surface area (Å²) in [5.41, 5.74) is 6.05. The molecule has 19 heavy (non-hydrogen) atoms. The number of nitrogens with one attached hydrogen (secondary N) is 1. The van der Waals surface area contributed by atoms with Gasteiger partial charge in [-0.15, -0.1) is 0 Å². The fourth-order valence-electron chi connectivity index (χ4n) is 1.98. The third-order valence-corrected chi connectivity index (χ3v) is 3.04. The van der Waals surface area contributed by atoms with Crippen molar-refractivity contribution in [2.24, 2.45) is 5.73 Å². The van der Waals surface area contributed by atoms with Gasteiger partial charge in [0.05, 0.1) is 6.42 Å². The van der Waals surface area contributed by atoms with E-state index >= 15 is 0 Å². The Kier molecular flexibility index (Phi) is 3.80. The molecule has 4 nitrogen and oxygen atoms in total. The lowest BCUT2D eigenvalue weighted by atomic mass is 10.0. The summed E-state index contributed by atoms with van der Waals surface area (Å²) in [6.45, 7) is 1.57. The van der Waals surface area contributed by atoms with Crippen molar-refractivity contribution >= 4 is 22.6 Å². The van der Waals surface area contributed by atoms with E-state index in [0.717, 1.165) is 16.3 Å². The summed E-state index contributed by atoms with van der Waals surface area (Å²) in [6.07, 6.45) is 0.235. The SMILES string of the molecule is CC(NC(=O)Cc1cccc2ccccc12)C(N)=O. The molecule has 0 fully saturated rings. The molecule has 1 atom stereocenters. The van der Waals surface area contributed by atoms with Gasteiger partial charge in [0.2, 0.25) is 11.8 Å². The quantitative estimate of drug-likeness (QED) is 0.867. The molecule has 0 aromatic heterocycles. The van der Waals surface area contributed by atoms with Gasteiger partial charge in [-0.2, -0.15) is 0 Å². The first kappa shape index (κ1) is 13.1. The van der Waals surface area contributed by atoms with E-state index < -0.39 is 11.9 Å². The Bertz CT molecular complexity index is 617. The van der Waals surface area contributed by atoms with Crippen LogP contribution in [0.2, 0.25) is 0 Å². The smallest absolute Gasteiger partial charge is 0.239 e. The van der Waals surface area contributed by atoms with Crippen LogP contribution in [0.4, 0.5) is 0 Å². The number of benzene rings is 2. The van der Waals surface area contributed by atoms with E-state index in [0.29, 0.717) is 0 Å². The second-order valence-corrected chi connectivity index (χ2v) is 4.51. The minimum absolute atomic E-state index is 0.206. The molecule has 3 N–H and O–H groups in total. The normalized spacial score (nSPS) is 12.1. The summed E-state index contributed by atoms with van der Waals surface area (Å²) < 4.78 is 0. The highest BCUT2D eigenvalue weighted by Gasteiger charge is 2.13. The van der Waals surface area contributed by atoms with Gasteiger partial charge in [0, 0.05) is 0 Å². The molecule has 0 spiro atoms. The van der Waals surface area contributed by atoms with E-state index in [1.54, 1.807) is 6.92 Å². The topological polar surface area (TPSA) is 72.2 Å². The van der Waals surface area contributed by atoms with Gasteiger partial charge in [0.15, 0.2) is 0 Å². The molecular weight excluding hydrogens is 240 g/mol. The van der Waals surface area contributed by atoms with Crippen molar-refractivity contribution in [2.75, 3.05) is 0 Å². The van der Waals surface area contributed by atoms with Crippen LogP contribution < -0.4 is 11.1 Å². The number of primary amides is 1. The molecule has 2 amide bonds. The number of carbonyl (C=O) groups is 2. The Hall–Kier alpha value is -2.36. The molecule has 0 aliphatic heterocycles. The number of amides is 2. The highest BCUT2D eigenvalue weighted by Crippen LogP contribution is 2.18. The number of fused-ring (bicyclic) bond motifs is 1. The summed E-state index contributed by atoms with van der Waals surface area (Å²) in [7, 11) is 0. The van der Waals surface area contributed by atoms with Crippen LogP contribution in [0.1, 0.15) is 12.5 Å². The molecule has 2 aromatic rings. The van der Waals surface area contributed by atoms with Gasteiger partial charge in [-0.05, 0) is 23.3 Å². The lowest BCUT2D eigenvalue weighted by Crippen LogP contribution is -2.42. The fraction of sp³-hybridized carbons (Fsp3) is 0.200. The Morgan fingerprint density at radius 1 is 1.16 bits per heavy atom. The molecule has 2 rings (SSSR count). The lowest BCUT2D eigenvalue weighted by molar-refractivity contribution is -0.126. The van der Waals surface area contributed by atoms with Crippen molar-refractivity contribution in [3.8, 4) is 0 Å². The van der Waals surface area contributed by atoms with Crippen molar-refractivity contribution < 1.29 is 9.59 Å². The number of hydrogen-bond donors (Lipinski definition) is 2. The second kappa shape index (κ2) is 5.52. The molecule has 1 unspecified atom stereocenters. The molecule has 0 aliphatic rings. The summed E-state index contributed by atoms with van der Waals surface area (Å²) in [5, 5.41) is 4.72. The number of carbonyl (C=O) groups excluding carboxylic acids is 2. The third kappa shape index (κ3) is 3.10. The largest absolute Gasteiger partial charge is 0.368 e. The van der Waals surface area contributed by atoms with E-state index in [2.05, 4.69) is 5.32 Å². The van der Waals surface area contributed by atoms with Crippen LogP contribution >= 0.6 is 0 Å². The average Bonchev–Trinajstić information content (AvgIpc) is 2.39. The molecule has 0 saturated carbocycles. The van der Waals surface area contributed by atoms with Gasteiger partial charge in [-0.25, -0.2) is 0 Å². The van der Waals surface area contributed by atoms with Crippen molar-refractivity contribution in [1.82, 2.24) is 5.32 Å². The van der Waals surface area contributed by atoms with E-state index in [1.165, 1.54) is 0 Å². The van der Waals surface area contributed by atoms with Crippen LogP contribution in [0.15, 0.2) is 42.5 Å². The zero-order chi connectivity index (χ0) is 13.8. The second-order valence-electron chi connectivity index (χ2n) is 4.51. The predicted octanol–water partition coefficient (Wildman–Crippen LogP) is 1.37. The van der Waals surface area contributed by atoms with Gasteiger partial charge in [-0.3, -0.25) is 9.59 Å². The van der Waals surface area contributed by atoms with Crippen molar-refractivity contribution in [2.45, 2.75) is 19.4 Å². The first-order chi connectivity index (χ1) is 9.08. The first-order valence-electron chi connectivity index (χ1n) is 6.13. The highest BCUT2D eigenvalue weighted by molar-refractivity contribution is 5.92. The van der Waals surface area contributed by atoms with Crippen LogP contribution in [-0.4, -0.2) is 17.9 Å².